The van der Waals surface area contributed by atoms with Crippen LogP contribution in [0.2, 0.25) is 0 Å². The van der Waals surface area contributed by atoms with Crippen molar-refractivity contribution in [3.8, 4) is 0 Å². The summed E-state index contributed by atoms with van der Waals surface area (Å²) < 4.78 is 0. The molecule has 2 aromatic rings. The first-order chi connectivity index (χ1) is 9.67. The lowest BCUT2D eigenvalue weighted by molar-refractivity contribution is 0.0927. The Kier molecular flexibility index (Phi) is 3.82. The molecule has 0 bridgehead atoms. The molecule has 1 aliphatic carbocycles. The van der Waals surface area contributed by atoms with Crippen LogP contribution in [0.25, 0.3) is 0 Å². The first kappa shape index (κ1) is 13.7. The number of carbonyl (C=O) groups is 1. The van der Waals surface area contributed by atoms with Crippen LogP contribution in [0.1, 0.15) is 45.1 Å². The molecule has 1 unspecified atom stereocenters. The minimum absolute atomic E-state index is 0.0178. The van der Waals surface area contributed by atoms with Gasteiger partial charge in [0.05, 0.1) is 6.04 Å². The number of nitrogens with zero attached hydrogens (tertiary/aromatic N) is 2. The van der Waals surface area contributed by atoms with Gasteiger partial charge in [-0.1, -0.05) is 0 Å². The second-order valence-corrected chi connectivity index (χ2v) is 6.78. The first-order valence-corrected chi connectivity index (χ1v) is 8.30. The van der Waals surface area contributed by atoms with Crippen molar-refractivity contribution in [3.05, 3.63) is 32.2 Å². The van der Waals surface area contributed by atoms with Crippen molar-refractivity contribution in [1.29, 1.82) is 0 Å². The molecule has 1 fully saturated rings. The van der Waals surface area contributed by atoms with Gasteiger partial charge in [-0.05, 0) is 25.7 Å². The highest BCUT2D eigenvalue weighted by Gasteiger charge is 2.35. The quantitative estimate of drug-likeness (QED) is 0.887. The maximum atomic E-state index is 12.3. The molecule has 3 rings (SSSR count). The Morgan fingerprint density at radius 1 is 1.45 bits per heavy atom. The van der Waals surface area contributed by atoms with Gasteiger partial charge in [0.2, 0.25) is 0 Å². The molecule has 0 spiro atoms. The zero-order valence-corrected chi connectivity index (χ0v) is 12.8. The Labute approximate surface area is 125 Å². The molecule has 2 aromatic heterocycles. The minimum atomic E-state index is -0.134. The number of nitrogens with one attached hydrogen (secondary N) is 1. The normalized spacial score (nSPS) is 16.1. The highest BCUT2D eigenvalue weighted by molar-refractivity contribution is 7.10. The van der Waals surface area contributed by atoms with Gasteiger partial charge < -0.3 is 11.1 Å². The molecule has 0 radical (unpaired) electrons. The summed E-state index contributed by atoms with van der Waals surface area (Å²) in [6.07, 6.45) is 2.30. The smallest absolute Gasteiger partial charge is 0.271 e. The summed E-state index contributed by atoms with van der Waals surface area (Å²) in [5.41, 5.74) is 6.98. The molecular formula is C13H16N4OS2. The van der Waals surface area contributed by atoms with Gasteiger partial charge in [0.15, 0.2) is 0 Å². The summed E-state index contributed by atoms with van der Waals surface area (Å²) >= 11 is 3.03. The van der Waals surface area contributed by atoms with Crippen molar-refractivity contribution in [3.63, 3.8) is 0 Å². The fourth-order valence-corrected chi connectivity index (χ4v) is 3.64. The van der Waals surface area contributed by atoms with Crippen molar-refractivity contribution in [2.45, 2.75) is 32.4 Å². The largest absolute Gasteiger partial charge is 0.341 e. The average Bonchev–Trinajstić information content (AvgIpc) is 3.00. The van der Waals surface area contributed by atoms with Crippen molar-refractivity contribution >= 4 is 28.6 Å². The van der Waals surface area contributed by atoms with Gasteiger partial charge in [0.25, 0.3) is 5.91 Å². The van der Waals surface area contributed by atoms with Crippen LogP contribution in [-0.2, 0) is 6.54 Å². The molecule has 1 amide bonds. The fourth-order valence-electron chi connectivity index (χ4n) is 2.05. The number of aromatic nitrogens is 2. The van der Waals surface area contributed by atoms with E-state index in [2.05, 4.69) is 15.3 Å². The molecule has 20 heavy (non-hydrogen) atoms. The Bertz CT molecular complexity index is 617. The summed E-state index contributed by atoms with van der Waals surface area (Å²) in [6.45, 7) is 2.34. The van der Waals surface area contributed by atoms with E-state index < -0.39 is 0 Å². The molecule has 2 heterocycles. The standard InChI is InChI=1S/C13H16N4OS2/c1-7-5-20-13(15-7)11(8-2-3-8)17-12(18)9-6-19-10(4-14)16-9/h5-6,8,11H,2-4,14H2,1H3,(H,17,18). The third kappa shape index (κ3) is 2.89. The fraction of sp³-hybridized carbons (Fsp3) is 0.462. The van der Waals surface area contributed by atoms with E-state index in [1.54, 1.807) is 16.7 Å². The van der Waals surface area contributed by atoms with E-state index in [9.17, 15) is 4.79 Å². The Morgan fingerprint density at radius 3 is 2.80 bits per heavy atom. The summed E-state index contributed by atoms with van der Waals surface area (Å²) in [5, 5.41) is 8.63. The van der Waals surface area contributed by atoms with E-state index in [-0.39, 0.29) is 11.9 Å². The van der Waals surface area contributed by atoms with Gasteiger partial charge in [-0.25, -0.2) is 9.97 Å². The number of thiazole rings is 2. The zero-order valence-electron chi connectivity index (χ0n) is 11.1. The van der Waals surface area contributed by atoms with E-state index in [1.807, 2.05) is 12.3 Å². The van der Waals surface area contributed by atoms with Crippen molar-refractivity contribution < 1.29 is 4.79 Å². The number of hydrogen-bond donors (Lipinski definition) is 2. The Balaban J connectivity index is 1.75. The average molecular weight is 308 g/mol. The first-order valence-electron chi connectivity index (χ1n) is 6.54. The van der Waals surface area contributed by atoms with Crippen molar-refractivity contribution in [1.82, 2.24) is 15.3 Å². The van der Waals surface area contributed by atoms with E-state index in [4.69, 9.17) is 5.73 Å². The summed E-state index contributed by atoms with van der Waals surface area (Å²) in [6, 6.07) is 0.0178. The maximum Gasteiger partial charge on any atom is 0.271 e. The molecule has 1 saturated carbocycles. The van der Waals surface area contributed by atoms with E-state index in [1.165, 1.54) is 11.3 Å². The molecule has 7 heteroatoms. The molecule has 0 aromatic carbocycles. The van der Waals surface area contributed by atoms with Crippen LogP contribution in [0, 0.1) is 12.8 Å². The molecule has 0 aliphatic heterocycles. The molecule has 0 saturated heterocycles. The van der Waals surface area contributed by atoms with Gasteiger partial charge in [0, 0.05) is 23.0 Å². The second-order valence-electron chi connectivity index (χ2n) is 4.95. The molecule has 1 aliphatic rings. The van der Waals surface area contributed by atoms with Gasteiger partial charge in [-0.15, -0.1) is 22.7 Å². The highest BCUT2D eigenvalue weighted by atomic mass is 32.1. The Hall–Kier alpha value is -1.31. The zero-order chi connectivity index (χ0) is 14.1. The molecule has 3 N–H and O–H groups in total. The van der Waals surface area contributed by atoms with Crippen molar-refractivity contribution in [2.24, 2.45) is 11.7 Å². The summed E-state index contributed by atoms with van der Waals surface area (Å²) in [5.74, 6) is 0.378. The second kappa shape index (κ2) is 5.59. The highest BCUT2D eigenvalue weighted by Crippen LogP contribution is 2.41. The van der Waals surface area contributed by atoms with Crippen LogP contribution in [0.15, 0.2) is 10.8 Å². The monoisotopic (exact) mass is 308 g/mol. The van der Waals surface area contributed by atoms with Crippen molar-refractivity contribution in [2.75, 3.05) is 0 Å². The van der Waals surface area contributed by atoms with Gasteiger partial charge in [-0.3, -0.25) is 4.79 Å². The lowest BCUT2D eigenvalue weighted by Gasteiger charge is -2.14. The molecular weight excluding hydrogens is 292 g/mol. The topological polar surface area (TPSA) is 80.9 Å². The van der Waals surface area contributed by atoms with Crippen LogP contribution < -0.4 is 11.1 Å². The third-order valence-electron chi connectivity index (χ3n) is 3.24. The SMILES string of the molecule is Cc1csc(C(NC(=O)c2csc(CN)n2)C2CC2)n1. The van der Waals surface area contributed by atoms with Crippen LogP contribution in [0.3, 0.4) is 0 Å². The maximum absolute atomic E-state index is 12.3. The lowest BCUT2D eigenvalue weighted by atomic mass is 10.2. The number of nitrogens with two attached hydrogens (primary N) is 1. The molecule has 5 nitrogen and oxygen atoms in total. The lowest BCUT2D eigenvalue weighted by Crippen LogP contribution is -2.30. The van der Waals surface area contributed by atoms with E-state index in [0.717, 1.165) is 28.6 Å². The van der Waals surface area contributed by atoms with Crippen LogP contribution in [0.4, 0.5) is 0 Å². The third-order valence-corrected chi connectivity index (χ3v) is 5.16. The number of aryl methyl sites for hydroxylation is 1. The summed E-state index contributed by atoms with van der Waals surface area (Å²) in [4.78, 5) is 21.0. The van der Waals surface area contributed by atoms with Gasteiger partial charge >= 0.3 is 0 Å². The van der Waals surface area contributed by atoms with Gasteiger partial charge in [-0.2, -0.15) is 0 Å². The number of carbonyl (C=O) groups excluding carboxylic acids is 1. The molecule has 106 valence electrons. The van der Waals surface area contributed by atoms with Crippen LogP contribution in [0.5, 0.6) is 0 Å². The summed E-state index contributed by atoms with van der Waals surface area (Å²) in [7, 11) is 0. The minimum Gasteiger partial charge on any atom is -0.341 e. The van der Waals surface area contributed by atoms with E-state index >= 15 is 0 Å². The van der Waals surface area contributed by atoms with Crippen LogP contribution >= 0.6 is 22.7 Å². The Morgan fingerprint density at radius 2 is 2.25 bits per heavy atom. The predicted molar refractivity (Wildman–Crippen MR) is 79.8 cm³/mol. The number of hydrogen-bond acceptors (Lipinski definition) is 6. The molecule has 1 atom stereocenters. The van der Waals surface area contributed by atoms with E-state index in [0.29, 0.717) is 18.2 Å². The predicted octanol–water partition coefficient (Wildman–Crippen LogP) is 2.25. The van der Waals surface area contributed by atoms with Crippen LogP contribution in [-0.4, -0.2) is 15.9 Å². The number of amides is 1. The van der Waals surface area contributed by atoms with Gasteiger partial charge in [0.1, 0.15) is 15.7 Å². The number of rotatable bonds is 5.